The third kappa shape index (κ3) is 3.99. The first-order chi connectivity index (χ1) is 15.2. The van der Waals surface area contributed by atoms with Crippen molar-refractivity contribution in [1.82, 2.24) is 10.3 Å². The Kier molecular flexibility index (Phi) is 5.00. The number of nitrogens with one attached hydrogen (secondary N) is 1. The Morgan fingerprint density at radius 3 is 2.41 bits per heavy atom. The molecule has 0 radical (unpaired) electrons. The summed E-state index contributed by atoms with van der Waals surface area (Å²) in [5.74, 6) is -0.409. The summed E-state index contributed by atoms with van der Waals surface area (Å²) < 4.78 is 59.4. The van der Waals surface area contributed by atoms with Gasteiger partial charge in [0.25, 0.3) is 5.91 Å². The summed E-state index contributed by atoms with van der Waals surface area (Å²) in [5.41, 5.74) is -0.549. The van der Waals surface area contributed by atoms with Gasteiger partial charge in [0.05, 0.1) is 11.6 Å². The highest BCUT2D eigenvalue weighted by atomic mass is 35.5. The van der Waals surface area contributed by atoms with Crippen molar-refractivity contribution < 1.29 is 27.1 Å². The van der Waals surface area contributed by atoms with Crippen LogP contribution in [-0.2, 0) is 6.18 Å². The fourth-order valence-corrected chi connectivity index (χ4v) is 4.65. The molecule has 2 aliphatic carbocycles. The van der Waals surface area contributed by atoms with Crippen molar-refractivity contribution in [2.75, 3.05) is 0 Å². The zero-order valence-electron chi connectivity index (χ0n) is 16.5. The topological polar surface area (TPSA) is 51.2 Å². The SMILES string of the molecule is O=C(NC1C2CC(Oc3cc(C(F)(F)F)nc4ccc(F)cc34)CC21)c1ccc(Cl)cc1. The third-order valence-electron chi connectivity index (χ3n) is 6.12. The first kappa shape index (κ1) is 21.0. The molecule has 1 aromatic heterocycles. The lowest BCUT2D eigenvalue weighted by molar-refractivity contribution is -0.141. The number of benzene rings is 2. The zero-order chi connectivity index (χ0) is 22.6. The van der Waals surface area contributed by atoms with Crippen LogP contribution in [0.4, 0.5) is 17.6 Å². The molecule has 2 aromatic carbocycles. The monoisotopic (exact) mass is 464 g/mol. The van der Waals surface area contributed by atoms with Crippen molar-refractivity contribution in [2.45, 2.75) is 31.2 Å². The number of fused-ring (bicyclic) bond motifs is 2. The largest absolute Gasteiger partial charge is 0.490 e. The van der Waals surface area contributed by atoms with E-state index in [1.54, 1.807) is 24.3 Å². The highest BCUT2D eigenvalue weighted by Crippen LogP contribution is 2.53. The number of nitrogens with zero attached hydrogens (tertiary/aromatic N) is 1. The zero-order valence-corrected chi connectivity index (χ0v) is 17.3. The maximum atomic E-state index is 13.7. The van der Waals surface area contributed by atoms with Crippen molar-refractivity contribution in [2.24, 2.45) is 11.8 Å². The predicted octanol–water partition coefficient (Wildman–Crippen LogP) is 5.63. The maximum absolute atomic E-state index is 13.7. The smallest absolute Gasteiger partial charge is 0.433 e. The van der Waals surface area contributed by atoms with E-state index in [4.69, 9.17) is 16.3 Å². The summed E-state index contributed by atoms with van der Waals surface area (Å²) in [6, 6.07) is 10.8. The minimum Gasteiger partial charge on any atom is -0.490 e. The Labute approximate surface area is 185 Å². The minimum absolute atomic E-state index is 0.00962. The van der Waals surface area contributed by atoms with Gasteiger partial charge in [0.1, 0.15) is 17.3 Å². The van der Waals surface area contributed by atoms with Crippen molar-refractivity contribution in [3.63, 3.8) is 0 Å². The molecule has 2 atom stereocenters. The number of amides is 1. The standard InChI is InChI=1S/C23H17ClF4N2O2/c24-12-3-1-11(2-4-12)22(31)30-21-15-8-14(9-16(15)21)32-19-10-20(23(26,27)28)29-18-6-5-13(25)7-17(18)19/h1-7,10,14-16,21H,8-9H2,(H,30,31). The van der Waals surface area contributed by atoms with Crippen LogP contribution in [0.25, 0.3) is 10.9 Å². The first-order valence-electron chi connectivity index (χ1n) is 10.1. The van der Waals surface area contributed by atoms with Crippen LogP contribution in [0.2, 0.25) is 5.02 Å². The van der Waals surface area contributed by atoms with E-state index in [-0.39, 0.29) is 46.5 Å². The number of hydrogen-bond acceptors (Lipinski definition) is 3. The van der Waals surface area contributed by atoms with Crippen molar-refractivity contribution in [1.29, 1.82) is 0 Å². The van der Waals surface area contributed by atoms with E-state index < -0.39 is 17.7 Å². The number of rotatable bonds is 4. The second kappa shape index (κ2) is 7.62. The molecule has 2 fully saturated rings. The molecule has 4 nitrogen and oxygen atoms in total. The third-order valence-corrected chi connectivity index (χ3v) is 6.37. The molecular weight excluding hydrogens is 448 g/mol. The summed E-state index contributed by atoms with van der Waals surface area (Å²) in [4.78, 5) is 16.0. The van der Waals surface area contributed by atoms with Crippen LogP contribution in [0, 0.1) is 17.7 Å². The number of aromatic nitrogens is 1. The molecule has 3 aromatic rings. The fourth-order valence-electron chi connectivity index (χ4n) is 4.53. The van der Waals surface area contributed by atoms with E-state index in [1.165, 1.54) is 6.07 Å². The van der Waals surface area contributed by atoms with Crippen LogP contribution >= 0.6 is 11.6 Å². The Bertz CT molecular complexity index is 1190. The molecule has 0 aliphatic heterocycles. The number of pyridine rings is 1. The molecule has 1 N–H and O–H groups in total. The lowest BCUT2D eigenvalue weighted by Gasteiger charge is -2.20. The van der Waals surface area contributed by atoms with E-state index in [1.807, 2.05) is 0 Å². The van der Waals surface area contributed by atoms with Crippen LogP contribution < -0.4 is 10.1 Å². The molecule has 32 heavy (non-hydrogen) atoms. The highest BCUT2D eigenvalue weighted by molar-refractivity contribution is 6.30. The Morgan fingerprint density at radius 2 is 1.75 bits per heavy atom. The van der Waals surface area contributed by atoms with Gasteiger partial charge in [0.2, 0.25) is 0 Å². The Morgan fingerprint density at radius 1 is 1.06 bits per heavy atom. The number of alkyl halides is 3. The second-order valence-electron chi connectivity index (χ2n) is 8.21. The van der Waals surface area contributed by atoms with Crippen molar-refractivity contribution >= 4 is 28.4 Å². The summed E-state index contributed by atoms with van der Waals surface area (Å²) in [6.07, 6.45) is -3.77. The predicted molar refractivity (Wildman–Crippen MR) is 110 cm³/mol. The molecule has 2 aliphatic rings. The molecule has 0 saturated heterocycles. The van der Waals surface area contributed by atoms with Gasteiger partial charge in [-0.25, -0.2) is 9.37 Å². The summed E-state index contributed by atoms with van der Waals surface area (Å²) in [7, 11) is 0. The van der Waals surface area contributed by atoms with E-state index >= 15 is 0 Å². The normalized spacial score (nSPS) is 24.3. The first-order valence-corrected chi connectivity index (χ1v) is 10.5. The van der Waals surface area contributed by atoms with Gasteiger partial charge in [-0.15, -0.1) is 0 Å². The lowest BCUT2D eigenvalue weighted by atomic mass is 10.1. The summed E-state index contributed by atoms with van der Waals surface area (Å²) in [6.45, 7) is 0. The lowest BCUT2D eigenvalue weighted by Crippen LogP contribution is -2.30. The van der Waals surface area contributed by atoms with Gasteiger partial charge in [-0.1, -0.05) is 11.6 Å². The van der Waals surface area contributed by atoms with E-state index in [0.29, 0.717) is 23.4 Å². The van der Waals surface area contributed by atoms with Crippen LogP contribution in [0.3, 0.4) is 0 Å². The minimum atomic E-state index is -4.64. The maximum Gasteiger partial charge on any atom is 0.433 e. The molecule has 166 valence electrons. The number of hydrogen-bond donors (Lipinski definition) is 1. The van der Waals surface area contributed by atoms with E-state index in [9.17, 15) is 22.4 Å². The van der Waals surface area contributed by atoms with Gasteiger partial charge < -0.3 is 10.1 Å². The van der Waals surface area contributed by atoms with Crippen molar-refractivity contribution in [3.8, 4) is 5.75 Å². The molecule has 5 rings (SSSR count). The summed E-state index contributed by atoms with van der Waals surface area (Å²) >= 11 is 5.84. The number of halogens is 5. The molecule has 1 heterocycles. The second-order valence-corrected chi connectivity index (χ2v) is 8.65. The van der Waals surface area contributed by atoms with Crippen LogP contribution in [0.5, 0.6) is 5.75 Å². The Hall–Kier alpha value is -2.87. The molecular formula is C23H17ClF4N2O2. The van der Waals surface area contributed by atoms with Crippen LogP contribution in [0.1, 0.15) is 28.9 Å². The number of carbonyl (C=O) groups is 1. The van der Waals surface area contributed by atoms with Gasteiger partial charge in [0.15, 0.2) is 0 Å². The van der Waals surface area contributed by atoms with Crippen LogP contribution in [-0.4, -0.2) is 23.0 Å². The van der Waals surface area contributed by atoms with Crippen molar-refractivity contribution in [3.05, 3.63) is 70.6 Å². The van der Waals surface area contributed by atoms with Gasteiger partial charge in [0, 0.05) is 28.1 Å². The van der Waals surface area contributed by atoms with E-state index in [2.05, 4.69) is 10.3 Å². The highest BCUT2D eigenvalue weighted by Gasteiger charge is 2.57. The van der Waals surface area contributed by atoms with Gasteiger partial charge in [-0.2, -0.15) is 13.2 Å². The molecule has 2 saturated carbocycles. The molecule has 2 unspecified atom stereocenters. The number of ether oxygens (including phenoxy) is 1. The van der Waals surface area contributed by atoms with Gasteiger partial charge in [-0.3, -0.25) is 4.79 Å². The summed E-state index contributed by atoms with van der Waals surface area (Å²) in [5, 5.41) is 3.74. The molecule has 0 spiro atoms. The Balaban J connectivity index is 1.28. The number of carbonyl (C=O) groups excluding carboxylic acids is 1. The quantitative estimate of drug-likeness (QED) is 0.509. The van der Waals surface area contributed by atoms with Crippen LogP contribution in [0.15, 0.2) is 48.5 Å². The van der Waals surface area contributed by atoms with Gasteiger partial charge >= 0.3 is 6.18 Å². The van der Waals surface area contributed by atoms with E-state index in [0.717, 1.165) is 18.2 Å². The average Bonchev–Trinajstić information content (AvgIpc) is 3.17. The molecule has 0 bridgehead atoms. The molecule has 1 amide bonds. The molecule has 9 heteroatoms. The van der Waals surface area contributed by atoms with Gasteiger partial charge in [-0.05, 0) is 67.1 Å². The average molecular weight is 465 g/mol. The fraction of sp³-hybridized carbons (Fsp3) is 0.304.